The monoisotopic (exact) mass is 290 g/mol. The fourth-order valence-electron chi connectivity index (χ4n) is 1.78. The molecule has 0 fully saturated rings. The summed E-state index contributed by atoms with van der Waals surface area (Å²) < 4.78 is 21.8. The molecule has 0 spiro atoms. The van der Waals surface area contributed by atoms with E-state index in [2.05, 4.69) is 0 Å². The molecule has 0 aliphatic rings. The van der Waals surface area contributed by atoms with Crippen LogP contribution in [0.15, 0.2) is 60.7 Å². The van der Waals surface area contributed by atoms with E-state index in [4.69, 9.17) is 8.37 Å². The molecule has 2 rings (SSSR count). The van der Waals surface area contributed by atoms with Crippen LogP contribution in [-0.4, -0.2) is 17.4 Å². The largest absolute Gasteiger partial charge is 0.304 e. The second-order valence-corrected chi connectivity index (χ2v) is 5.20. The Kier molecular flexibility index (Phi) is 6.44. The van der Waals surface area contributed by atoms with Crippen molar-refractivity contribution in [1.29, 1.82) is 0 Å². The zero-order valence-electron chi connectivity index (χ0n) is 11.2. The SMILES string of the molecule is O=S(OCCc1ccccc1)OCCc1ccccc1. The summed E-state index contributed by atoms with van der Waals surface area (Å²) in [5.41, 5.74) is 2.32. The van der Waals surface area contributed by atoms with Gasteiger partial charge in [0.2, 0.25) is 0 Å². The minimum atomic E-state index is -1.67. The van der Waals surface area contributed by atoms with Gasteiger partial charge in [0.25, 0.3) is 0 Å². The van der Waals surface area contributed by atoms with E-state index in [1.807, 2.05) is 60.7 Å². The van der Waals surface area contributed by atoms with E-state index >= 15 is 0 Å². The number of rotatable bonds is 8. The average molecular weight is 290 g/mol. The van der Waals surface area contributed by atoms with Crippen molar-refractivity contribution in [1.82, 2.24) is 0 Å². The van der Waals surface area contributed by atoms with Crippen LogP contribution in [0.5, 0.6) is 0 Å². The summed E-state index contributed by atoms with van der Waals surface area (Å²) >= 11 is -1.67. The fraction of sp³-hybridized carbons (Fsp3) is 0.250. The molecule has 0 radical (unpaired) electrons. The van der Waals surface area contributed by atoms with Gasteiger partial charge in [0.15, 0.2) is 0 Å². The smallest absolute Gasteiger partial charge is 0.268 e. The van der Waals surface area contributed by atoms with Gasteiger partial charge in [-0.05, 0) is 24.0 Å². The summed E-state index contributed by atoms with van der Waals surface area (Å²) in [6.45, 7) is 0.782. The van der Waals surface area contributed by atoms with E-state index in [0.717, 1.165) is 24.0 Å². The summed E-state index contributed by atoms with van der Waals surface area (Å²) in [5.74, 6) is 0. The van der Waals surface area contributed by atoms with E-state index in [1.165, 1.54) is 0 Å². The van der Waals surface area contributed by atoms with Crippen molar-refractivity contribution in [2.45, 2.75) is 12.8 Å². The molecule has 0 aliphatic carbocycles. The Bertz CT molecular complexity index is 466. The van der Waals surface area contributed by atoms with Gasteiger partial charge in [-0.1, -0.05) is 60.7 Å². The molecule has 0 heterocycles. The third kappa shape index (κ3) is 5.65. The molecule has 0 unspecified atom stereocenters. The highest BCUT2D eigenvalue weighted by Gasteiger charge is 2.02. The van der Waals surface area contributed by atoms with Crippen LogP contribution in [0.3, 0.4) is 0 Å². The molecular weight excluding hydrogens is 272 g/mol. The molecule has 0 atom stereocenters. The molecule has 20 heavy (non-hydrogen) atoms. The van der Waals surface area contributed by atoms with Crippen LogP contribution in [0.4, 0.5) is 0 Å². The lowest BCUT2D eigenvalue weighted by Gasteiger charge is -2.04. The normalized spacial score (nSPS) is 10.8. The lowest BCUT2D eigenvalue weighted by molar-refractivity contribution is 0.253. The third-order valence-corrected chi connectivity index (χ3v) is 3.54. The predicted molar refractivity (Wildman–Crippen MR) is 80.3 cm³/mol. The van der Waals surface area contributed by atoms with Gasteiger partial charge in [-0.3, -0.25) is 8.37 Å². The zero-order chi connectivity index (χ0) is 14.0. The average Bonchev–Trinajstić information content (AvgIpc) is 2.49. The molecule has 3 nitrogen and oxygen atoms in total. The van der Waals surface area contributed by atoms with Crippen LogP contribution >= 0.6 is 0 Å². The quantitative estimate of drug-likeness (QED) is 0.749. The maximum atomic E-state index is 11.5. The first-order chi connectivity index (χ1) is 9.84. The Morgan fingerprint density at radius 1 is 0.700 bits per heavy atom. The molecular formula is C16H18O3S. The van der Waals surface area contributed by atoms with Crippen molar-refractivity contribution in [3.63, 3.8) is 0 Å². The Balaban J connectivity index is 1.59. The summed E-state index contributed by atoms with van der Waals surface area (Å²) in [4.78, 5) is 0. The second kappa shape index (κ2) is 8.64. The minimum Gasteiger partial charge on any atom is -0.268 e. The Labute approximate surface area is 122 Å². The Morgan fingerprint density at radius 3 is 1.50 bits per heavy atom. The lowest BCUT2D eigenvalue weighted by Crippen LogP contribution is -2.07. The Hall–Kier alpha value is -1.49. The molecule has 0 saturated heterocycles. The number of hydrogen-bond donors (Lipinski definition) is 0. The number of hydrogen-bond acceptors (Lipinski definition) is 3. The maximum absolute atomic E-state index is 11.5. The summed E-state index contributed by atoms with van der Waals surface area (Å²) in [7, 11) is 0. The summed E-state index contributed by atoms with van der Waals surface area (Å²) in [6.07, 6.45) is 1.46. The van der Waals surface area contributed by atoms with Gasteiger partial charge >= 0.3 is 11.4 Å². The van der Waals surface area contributed by atoms with Crippen LogP contribution in [0.2, 0.25) is 0 Å². The molecule has 0 N–H and O–H groups in total. The van der Waals surface area contributed by atoms with Crippen molar-refractivity contribution < 1.29 is 12.6 Å². The van der Waals surface area contributed by atoms with Crippen molar-refractivity contribution in [3.05, 3.63) is 71.8 Å². The molecule has 0 aliphatic heterocycles. The van der Waals surface area contributed by atoms with Gasteiger partial charge < -0.3 is 0 Å². The van der Waals surface area contributed by atoms with Crippen LogP contribution in [0, 0.1) is 0 Å². The molecule has 4 heteroatoms. The molecule has 0 aromatic heterocycles. The van der Waals surface area contributed by atoms with Gasteiger partial charge in [-0.15, -0.1) is 0 Å². The summed E-state index contributed by atoms with van der Waals surface area (Å²) in [6, 6.07) is 19.9. The fourth-order valence-corrected chi connectivity index (χ4v) is 2.29. The molecule has 2 aromatic rings. The van der Waals surface area contributed by atoms with Gasteiger partial charge in [0.05, 0.1) is 13.2 Å². The zero-order valence-corrected chi connectivity index (χ0v) is 12.1. The first kappa shape index (κ1) is 14.9. The van der Waals surface area contributed by atoms with Crippen LogP contribution < -0.4 is 0 Å². The first-order valence-electron chi connectivity index (χ1n) is 6.61. The maximum Gasteiger partial charge on any atom is 0.304 e. The van der Waals surface area contributed by atoms with Crippen molar-refractivity contribution in [2.24, 2.45) is 0 Å². The third-order valence-electron chi connectivity index (χ3n) is 2.83. The van der Waals surface area contributed by atoms with Crippen molar-refractivity contribution >= 4 is 11.4 Å². The van der Waals surface area contributed by atoms with E-state index in [-0.39, 0.29) is 0 Å². The van der Waals surface area contributed by atoms with E-state index in [1.54, 1.807) is 0 Å². The molecule has 0 bridgehead atoms. The summed E-state index contributed by atoms with van der Waals surface area (Å²) in [5, 5.41) is 0. The standard InChI is InChI=1S/C16H18O3S/c17-20(18-13-11-15-7-3-1-4-8-15)19-14-12-16-9-5-2-6-10-16/h1-10H,11-14H2. The van der Waals surface area contributed by atoms with Crippen LogP contribution in [-0.2, 0) is 32.6 Å². The molecule has 2 aromatic carbocycles. The molecule has 0 amide bonds. The lowest BCUT2D eigenvalue weighted by atomic mass is 10.2. The van der Waals surface area contributed by atoms with Gasteiger partial charge in [-0.2, -0.15) is 4.21 Å². The van der Waals surface area contributed by atoms with Crippen LogP contribution in [0.1, 0.15) is 11.1 Å². The highest BCUT2D eigenvalue weighted by molar-refractivity contribution is 7.75. The van der Waals surface area contributed by atoms with Gasteiger partial charge in [0, 0.05) is 0 Å². The predicted octanol–water partition coefficient (Wildman–Crippen LogP) is 3.08. The van der Waals surface area contributed by atoms with Crippen LogP contribution in [0.25, 0.3) is 0 Å². The highest BCUT2D eigenvalue weighted by Crippen LogP contribution is 2.03. The van der Waals surface area contributed by atoms with Gasteiger partial charge in [0.1, 0.15) is 0 Å². The highest BCUT2D eigenvalue weighted by atomic mass is 32.2. The van der Waals surface area contributed by atoms with E-state index < -0.39 is 11.4 Å². The topological polar surface area (TPSA) is 35.5 Å². The molecule has 106 valence electrons. The number of benzene rings is 2. The van der Waals surface area contributed by atoms with Crippen molar-refractivity contribution in [3.8, 4) is 0 Å². The second-order valence-electron chi connectivity index (χ2n) is 4.32. The van der Waals surface area contributed by atoms with E-state index in [9.17, 15) is 4.21 Å². The molecule has 0 saturated carbocycles. The van der Waals surface area contributed by atoms with E-state index in [0.29, 0.717) is 13.2 Å². The first-order valence-corrected chi connectivity index (χ1v) is 7.61. The van der Waals surface area contributed by atoms with Crippen molar-refractivity contribution in [2.75, 3.05) is 13.2 Å². The Morgan fingerprint density at radius 2 is 1.10 bits per heavy atom. The van der Waals surface area contributed by atoms with Gasteiger partial charge in [-0.25, -0.2) is 0 Å². The minimum absolute atomic E-state index is 0.391.